The van der Waals surface area contributed by atoms with Crippen LogP contribution >= 0.6 is 0 Å². The van der Waals surface area contributed by atoms with Gasteiger partial charge < -0.3 is 5.32 Å². The molecule has 1 aliphatic rings. The van der Waals surface area contributed by atoms with Crippen LogP contribution in [-0.4, -0.2) is 13.1 Å². The predicted octanol–water partition coefficient (Wildman–Crippen LogP) is 3.09. The Morgan fingerprint density at radius 2 is 1.87 bits per heavy atom. The van der Waals surface area contributed by atoms with Crippen molar-refractivity contribution in [2.75, 3.05) is 13.1 Å². The molecule has 1 fully saturated rings. The summed E-state index contributed by atoms with van der Waals surface area (Å²) in [6.07, 6.45) is 4.90. The van der Waals surface area contributed by atoms with Crippen molar-refractivity contribution in [3.8, 4) is 0 Å². The quantitative estimate of drug-likeness (QED) is 0.775. The lowest BCUT2D eigenvalue weighted by atomic mass is 9.90. The Bertz CT molecular complexity index is 320. The summed E-state index contributed by atoms with van der Waals surface area (Å²) in [5, 5.41) is 3.41. The highest BCUT2D eigenvalue weighted by Gasteiger charge is 2.13. The standard InChI is InChI=1S/C14H19N/c1-12(14-7-9-15-10-8-14)11-13-5-3-2-4-6-13/h2-6,11,14-15H,7-10H2,1H3/b12-11-. The molecular weight excluding hydrogens is 182 g/mol. The molecule has 1 saturated heterocycles. The summed E-state index contributed by atoms with van der Waals surface area (Å²) >= 11 is 0. The van der Waals surface area contributed by atoms with Crippen molar-refractivity contribution in [2.24, 2.45) is 5.92 Å². The smallest absolute Gasteiger partial charge is 0.00432 e. The Morgan fingerprint density at radius 1 is 1.20 bits per heavy atom. The maximum absolute atomic E-state index is 3.41. The van der Waals surface area contributed by atoms with Crippen LogP contribution in [0.2, 0.25) is 0 Å². The van der Waals surface area contributed by atoms with E-state index in [1.807, 2.05) is 0 Å². The van der Waals surface area contributed by atoms with Gasteiger partial charge in [-0.2, -0.15) is 0 Å². The molecule has 1 aromatic rings. The second-order valence-corrected chi connectivity index (χ2v) is 4.32. The average molecular weight is 201 g/mol. The molecule has 0 radical (unpaired) electrons. The number of hydrogen-bond acceptors (Lipinski definition) is 1. The second-order valence-electron chi connectivity index (χ2n) is 4.32. The van der Waals surface area contributed by atoms with Gasteiger partial charge in [0.25, 0.3) is 0 Å². The van der Waals surface area contributed by atoms with Crippen LogP contribution in [0.1, 0.15) is 25.3 Å². The summed E-state index contributed by atoms with van der Waals surface area (Å²) < 4.78 is 0. The fourth-order valence-electron chi connectivity index (χ4n) is 2.21. The molecule has 1 heteroatoms. The number of hydrogen-bond donors (Lipinski definition) is 1. The van der Waals surface area contributed by atoms with Gasteiger partial charge in [-0.25, -0.2) is 0 Å². The van der Waals surface area contributed by atoms with E-state index in [0.29, 0.717) is 0 Å². The molecule has 0 aliphatic carbocycles. The summed E-state index contributed by atoms with van der Waals surface area (Å²) in [7, 11) is 0. The Morgan fingerprint density at radius 3 is 2.53 bits per heavy atom. The Hall–Kier alpha value is -1.08. The zero-order valence-electron chi connectivity index (χ0n) is 9.37. The number of nitrogens with one attached hydrogen (secondary N) is 1. The molecule has 0 unspecified atom stereocenters. The van der Waals surface area contributed by atoms with Gasteiger partial charge in [-0.3, -0.25) is 0 Å². The highest BCUT2D eigenvalue weighted by molar-refractivity contribution is 5.52. The molecule has 0 saturated carbocycles. The van der Waals surface area contributed by atoms with Gasteiger partial charge in [0.1, 0.15) is 0 Å². The van der Waals surface area contributed by atoms with E-state index in [4.69, 9.17) is 0 Å². The first-order valence-corrected chi connectivity index (χ1v) is 5.80. The van der Waals surface area contributed by atoms with E-state index in [1.165, 1.54) is 37.1 Å². The third-order valence-electron chi connectivity index (χ3n) is 3.18. The second kappa shape index (κ2) is 5.13. The molecule has 0 atom stereocenters. The molecule has 0 bridgehead atoms. The summed E-state index contributed by atoms with van der Waals surface area (Å²) in [4.78, 5) is 0. The average Bonchev–Trinajstić information content (AvgIpc) is 2.31. The highest BCUT2D eigenvalue weighted by Crippen LogP contribution is 2.22. The number of rotatable bonds is 2. The largest absolute Gasteiger partial charge is 0.317 e. The van der Waals surface area contributed by atoms with Crippen molar-refractivity contribution < 1.29 is 0 Å². The van der Waals surface area contributed by atoms with Crippen LogP contribution in [0.5, 0.6) is 0 Å². The lowest BCUT2D eigenvalue weighted by molar-refractivity contribution is 0.421. The van der Waals surface area contributed by atoms with Crippen molar-refractivity contribution in [1.82, 2.24) is 5.32 Å². The summed E-state index contributed by atoms with van der Waals surface area (Å²) in [5.74, 6) is 0.784. The van der Waals surface area contributed by atoms with Crippen LogP contribution < -0.4 is 5.32 Å². The van der Waals surface area contributed by atoms with Crippen molar-refractivity contribution in [3.63, 3.8) is 0 Å². The monoisotopic (exact) mass is 201 g/mol. The van der Waals surface area contributed by atoms with Gasteiger partial charge >= 0.3 is 0 Å². The van der Waals surface area contributed by atoms with Crippen molar-refractivity contribution >= 4 is 6.08 Å². The maximum Gasteiger partial charge on any atom is -0.00432 e. The molecule has 0 spiro atoms. The number of piperidine rings is 1. The first kappa shape index (κ1) is 10.4. The van der Waals surface area contributed by atoms with E-state index in [1.54, 1.807) is 0 Å². The lowest BCUT2D eigenvalue weighted by Crippen LogP contribution is -2.28. The van der Waals surface area contributed by atoms with Gasteiger partial charge in [-0.05, 0) is 44.3 Å². The molecule has 80 valence electrons. The Labute approximate surface area is 92.2 Å². The molecule has 1 heterocycles. The first-order valence-electron chi connectivity index (χ1n) is 5.80. The zero-order chi connectivity index (χ0) is 10.5. The van der Waals surface area contributed by atoms with E-state index in [0.717, 1.165) is 5.92 Å². The van der Waals surface area contributed by atoms with Gasteiger partial charge in [0.15, 0.2) is 0 Å². The summed E-state index contributed by atoms with van der Waals surface area (Å²) in [6, 6.07) is 10.6. The third-order valence-corrected chi connectivity index (χ3v) is 3.18. The molecule has 1 aliphatic heterocycles. The summed E-state index contributed by atoms with van der Waals surface area (Å²) in [6.45, 7) is 4.61. The topological polar surface area (TPSA) is 12.0 Å². The summed E-state index contributed by atoms with van der Waals surface area (Å²) in [5.41, 5.74) is 2.86. The van der Waals surface area contributed by atoms with Gasteiger partial charge in [-0.15, -0.1) is 0 Å². The van der Waals surface area contributed by atoms with Crippen molar-refractivity contribution in [1.29, 1.82) is 0 Å². The van der Waals surface area contributed by atoms with Crippen LogP contribution in [0.4, 0.5) is 0 Å². The minimum atomic E-state index is 0.784. The van der Waals surface area contributed by atoms with E-state index in [-0.39, 0.29) is 0 Å². The van der Waals surface area contributed by atoms with Gasteiger partial charge in [-0.1, -0.05) is 42.0 Å². The number of benzene rings is 1. The maximum atomic E-state index is 3.41. The molecule has 1 aromatic carbocycles. The van der Waals surface area contributed by atoms with Crippen LogP contribution in [0.15, 0.2) is 35.9 Å². The minimum Gasteiger partial charge on any atom is -0.317 e. The van der Waals surface area contributed by atoms with Gasteiger partial charge in [0, 0.05) is 0 Å². The van der Waals surface area contributed by atoms with E-state index >= 15 is 0 Å². The van der Waals surface area contributed by atoms with Crippen LogP contribution in [0.25, 0.3) is 6.08 Å². The molecular formula is C14H19N. The van der Waals surface area contributed by atoms with Crippen LogP contribution in [0.3, 0.4) is 0 Å². The van der Waals surface area contributed by atoms with Gasteiger partial charge in [0.05, 0.1) is 0 Å². The van der Waals surface area contributed by atoms with Crippen molar-refractivity contribution in [3.05, 3.63) is 41.5 Å². The highest BCUT2D eigenvalue weighted by atomic mass is 14.9. The molecule has 0 aromatic heterocycles. The molecule has 15 heavy (non-hydrogen) atoms. The van der Waals surface area contributed by atoms with E-state index < -0.39 is 0 Å². The van der Waals surface area contributed by atoms with Crippen molar-refractivity contribution in [2.45, 2.75) is 19.8 Å². The third kappa shape index (κ3) is 2.93. The fourth-order valence-corrected chi connectivity index (χ4v) is 2.21. The zero-order valence-corrected chi connectivity index (χ0v) is 9.37. The van der Waals surface area contributed by atoms with E-state index in [2.05, 4.69) is 48.6 Å². The fraction of sp³-hybridized carbons (Fsp3) is 0.429. The normalized spacial score (nSPS) is 19.1. The predicted molar refractivity (Wildman–Crippen MR) is 65.7 cm³/mol. The lowest BCUT2D eigenvalue weighted by Gasteiger charge is -2.23. The molecule has 1 N–H and O–H groups in total. The molecule has 1 nitrogen and oxygen atoms in total. The van der Waals surface area contributed by atoms with E-state index in [9.17, 15) is 0 Å². The molecule has 0 amide bonds. The first-order chi connectivity index (χ1) is 7.36. The van der Waals surface area contributed by atoms with Gasteiger partial charge in [0.2, 0.25) is 0 Å². The Kier molecular flexibility index (Phi) is 3.57. The minimum absolute atomic E-state index is 0.784. The SMILES string of the molecule is C/C(=C/c1ccccc1)C1CCNCC1. The van der Waals surface area contributed by atoms with Crippen LogP contribution in [-0.2, 0) is 0 Å². The number of allylic oxidation sites excluding steroid dienone is 1. The molecule has 2 rings (SSSR count). The Balaban J connectivity index is 2.06. The van der Waals surface area contributed by atoms with Crippen LogP contribution in [0, 0.1) is 5.92 Å².